The van der Waals surface area contributed by atoms with Gasteiger partial charge < -0.3 is 14.6 Å². The number of aryl methyl sites for hydroxylation is 1. The van der Waals surface area contributed by atoms with Crippen molar-refractivity contribution in [1.82, 2.24) is 14.9 Å². The van der Waals surface area contributed by atoms with Crippen LogP contribution in [-0.4, -0.2) is 33.9 Å². The van der Waals surface area contributed by atoms with Crippen molar-refractivity contribution in [2.45, 2.75) is 39.2 Å². The van der Waals surface area contributed by atoms with Gasteiger partial charge in [-0.25, -0.2) is 4.98 Å². The van der Waals surface area contributed by atoms with Crippen LogP contribution in [0.25, 0.3) is 0 Å². The average Bonchev–Trinajstić information content (AvgIpc) is 3.06. The Kier molecular flexibility index (Phi) is 5.16. The van der Waals surface area contributed by atoms with E-state index in [-0.39, 0.29) is 17.5 Å². The third-order valence-corrected chi connectivity index (χ3v) is 4.37. The summed E-state index contributed by atoms with van der Waals surface area (Å²) in [5.41, 5.74) is 1.45. The lowest BCUT2D eigenvalue weighted by atomic mass is 10.1. The first kappa shape index (κ1) is 17.2. The topological polar surface area (TPSA) is 75.3 Å². The van der Waals surface area contributed by atoms with E-state index in [4.69, 9.17) is 4.74 Å². The zero-order valence-electron chi connectivity index (χ0n) is 14.6. The van der Waals surface area contributed by atoms with Crippen molar-refractivity contribution in [2.24, 2.45) is 0 Å². The van der Waals surface area contributed by atoms with Crippen molar-refractivity contribution in [2.75, 3.05) is 13.2 Å². The summed E-state index contributed by atoms with van der Waals surface area (Å²) in [6.45, 7) is 5.04. The Labute approximate surface area is 146 Å². The molecule has 3 rings (SSSR count). The van der Waals surface area contributed by atoms with E-state index in [9.17, 15) is 9.59 Å². The minimum atomic E-state index is -0.173. The van der Waals surface area contributed by atoms with Gasteiger partial charge in [-0.1, -0.05) is 12.1 Å². The molecule has 1 N–H and O–H groups in total. The summed E-state index contributed by atoms with van der Waals surface area (Å²) in [6, 6.07) is 8.91. The maximum atomic E-state index is 12.8. The Balaban J connectivity index is 1.73. The van der Waals surface area contributed by atoms with E-state index in [1.54, 1.807) is 6.92 Å². The van der Waals surface area contributed by atoms with Gasteiger partial charge in [0.1, 0.15) is 11.6 Å². The molecule has 1 aromatic carbocycles. The van der Waals surface area contributed by atoms with Gasteiger partial charge in [-0.05, 0) is 44.4 Å². The van der Waals surface area contributed by atoms with Crippen LogP contribution < -0.4 is 10.3 Å². The highest BCUT2D eigenvalue weighted by atomic mass is 16.5. The lowest BCUT2D eigenvalue weighted by Crippen LogP contribution is -2.33. The van der Waals surface area contributed by atoms with E-state index in [1.165, 1.54) is 6.07 Å². The number of nitrogens with one attached hydrogen (secondary N) is 1. The van der Waals surface area contributed by atoms with Crippen LogP contribution in [-0.2, 0) is 11.2 Å². The van der Waals surface area contributed by atoms with Crippen LogP contribution in [0.3, 0.4) is 0 Å². The molecule has 6 nitrogen and oxygen atoms in total. The largest absolute Gasteiger partial charge is 0.494 e. The van der Waals surface area contributed by atoms with Gasteiger partial charge in [-0.3, -0.25) is 9.59 Å². The van der Waals surface area contributed by atoms with Crippen molar-refractivity contribution in [1.29, 1.82) is 0 Å². The average molecular weight is 341 g/mol. The number of ether oxygens (including phenoxy) is 1. The summed E-state index contributed by atoms with van der Waals surface area (Å²) >= 11 is 0. The summed E-state index contributed by atoms with van der Waals surface area (Å²) in [4.78, 5) is 33.5. The molecule has 0 radical (unpaired) electrons. The maximum Gasteiger partial charge on any atom is 0.251 e. The predicted octanol–water partition coefficient (Wildman–Crippen LogP) is 2.38. The Hall–Kier alpha value is -2.63. The minimum Gasteiger partial charge on any atom is -0.494 e. The summed E-state index contributed by atoms with van der Waals surface area (Å²) in [5, 5.41) is 0. The lowest BCUT2D eigenvalue weighted by molar-refractivity contribution is -0.131. The molecule has 0 spiro atoms. The number of H-pyrrole nitrogens is 1. The molecule has 1 fully saturated rings. The predicted molar refractivity (Wildman–Crippen MR) is 94.6 cm³/mol. The first-order chi connectivity index (χ1) is 12.1. The Morgan fingerprint density at radius 3 is 2.80 bits per heavy atom. The number of carbonyl (C=O) groups is 1. The molecule has 1 atom stereocenters. The molecule has 2 heterocycles. The maximum absolute atomic E-state index is 12.8. The van der Waals surface area contributed by atoms with Crippen molar-refractivity contribution >= 4 is 5.91 Å². The molecule has 1 aromatic heterocycles. The quantitative estimate of drug-likeness (QED) is 0.906. The number of aromatic nitrogens is 2. The Bertz CT molecular complexity index is 798. The molecular weight excluding hydrogens is 318 g/mol. The van der Waals surface area contributed by atoms with Gasteiger partial charge >= 0.3 is 0 Å². The molecule has 6 heteroatoms. The number of hydrogen-bond donors (Lipinski definition) is 1. The molecule has 1 unspecified atom stereocenters. The molecule has 0 aliphatic carbocycles. The number of carbonyl (C=O) groups excluding carboxylic acids is 1. The molecule has 25 heavy (non-hydrogen) atoms. The van der Waals surface area contributed by atoms with Crippen molar-refractivity contribution in [3.63, 3.8) is 0 Å². The second-order valence-electron chi connectivity index (χ2n) is 6.27. The fraction of sp³-hybridized carbons (Fsp3) is 0.421. The zero-order valence-corrected chi connectivity index (χ0v) is 14.6. The summed E-state index contributed by atoms with van der Waals surface area (Å²) in [5.74, 6) is 1.44. The number of benzene rings is 1. The first-order valence-corrected chi connectivity index (χ1v) is 8.66. The Morgan fingerprint density at radius 2 is 2.12 bits per heavy atom. The normalized spacial score (nSPS) is 16.9. The van der Waals surface area contributed by atoms with Gasteiger partial charge in [0.15, 0.2) is 0 Å². The van der Waals surface area contributed by atoms with Crippen molar-refractivity contribution in [3.05, 3.63) is 57.8 Å². The van der Waals surface area contributed by atoms with Gasteiger partial charge in [0, 0.05) is 18.3 Å². The third kappa shape index (κ3) is 4.07. The summed E-state index contributed by atoms with van der Waals surface area (Å²) in [7, 11) is 0. The number of hydrogen-bond acceptors (Lipinski definition) is 4. The van der Waals surface area contributed by atoms with Crippen LogP contribution in [0, 0.1) is 6.92 Å². The molecule has 0 bridgehead atoms. The van der Waals surface area contributed by atoms with Crippen LogP contribution in [0.2, 0.25) is 0 Å². The molecule has 132 valence electrons. The van der Waals surface area contributed by atoms with Crippen LogP contribution in [0.1, 0.15) is 42.9 Å². The van der Waals surface area contributed by atoms with Crippen molar-refractivity contribution in [3.8, 4) is 5.75 Å². The number of amides is 1. The van der Waals surface area contributed by atoms with Gasteiger partial charge in [-0.2, -0.15) is 0 Å². The second kappa shape index (κ2) is 7.51. The Morgan fingerprint density at radius 1 is 1.36 bits per heavy atom. The lowest BCUT2D eigenvalue weighted by Gasteiger charge is -2.24. The van der Waals surface area contributed by atoms with Gasteiger partial charge in [0.05, 0.1) is 19.1 Å². The molecule has 2 aromatic rings. The van der Waals surface area contributed by atoms with Gasteiger partial charge in [0.25, 0.3) is 5.56 Å². The summed E-state index contributed by atoms with van der Waals surface area (Å²) in [6.07, 6.45) is 2.07. The van der Waals surface area contributed by atoms with Crippen molar-refractivity contribution < 1.29 is 9.53 Å². The van der Waals surface area contributed by atoms with Crippen LogP contribution in [0.5, 0.6) is 5.75 Å². The van der Waals surface area contributed by atoms with E-state index < -0.39 is 0 Å². The highest BCUT2D eigenvalue weighted by Gasteiger charge is 2.31. The number of aromatic amines is 1. The molecule has 1 aliphatic rings. The highest BCUT2D eigenvalue weighted by Crippen LogP contribution is 2.30. The fourth-order valence-corrected chi connectivity index (χ4v) is 3.26. The van der Waals surface area contributed by atoms with E-state index in [1.807, 2.05) is 36.1 Å². The second-order valence-corrected chi connectivity index (χ2v) is 6.27. The number of nitrogens with zero attached hydrogens (tertiary/aromatic N) is 2. The molecule has 1 saturated heterocycles. The van der Waals surface area contributed by atoms with Crippen LogP contribution in [0.15, 0.2) is 35.1 Å². The van der Waals surface area contributed by atoms with E-state index in [0.29, 0.717) is 31.1 Å². The van der Waals surface area contributed by atoms with E-state index in [2.05, 4.69) is 9.97 Å². The highest BCUT2D eigenvalue weighted by molar-refractivity contribution is 5.79. The smallest absolute Gasteiger partial charge is 0.251 e. The fourth-order valence-electron chi connectivity index (χ4n) is 3.26. The SMILES string of the molecule is CCOc1ccc(CC(=O)N2CCCC2c2nc(C)cc(=O)[nH]2)cc1. The minimum absolute atomic E-state index is 0.0517. The van der Waals surface area contributed by atoms with Crippen LogP contribution >= 0.6 is 0 Å². The zero-order chi connectivity index (χ0) is 17.8. The first-order valence-electron chi connectivity index (χ1n) is 8.66. The molecule has 0 saturated carbocycles. The standard InChI is InChI=1S/C19H23N3O3/c1-3-25-15-8-6-14(7-9-15)12-18(24)22-10-4-5-16(22)19-20-13(2)11-17(23)21-19/h6-9,11,16H,3-5,10,12H2,1-2H3,(H,20,21,23). The van der Waals surface area contributed by atoms with Gasteiger partial charge in [0.2, 0.25) is 5.91 Å². The molecule has 1 aliphatic heterocycles. The monoisotopic (exact) mass is 341 g/mol. The van der Waals surface area contributed by atoms with E-state index >= 15 is 0 Å². The number of likely N-dealkylation sites (tertiary alicyclic amines) is 1. The van der Waals surface area contributed by atoms with E-state index in [0.717, 1.165) is 24.2 Å². The van der Waals surface area contributed by atoms with Gasteiger partial charge in [-0.15, -0.1) is 0 Å². The third-order valence-electron chi connectivity index (χ3n) is 4.37. The molecular formula is C19H23N3O3. The number of rotatable bonds is 5. The summed E-state index contributed by atoms with van der Waals surface area (Å²) < 4.78 is 5.43. The van der Waals surface area contributed by atoms with Crippen LogP contribution in [0.4, 0.5) is 0 Å². The molecule has 1 amide bonds.